The topological polar surface area (TPSA) is 75.7 Å². The lowest BCUT2D eigenvalue weighted by atomic mass is 10.2. The third kappa shape index (κ3) is 5.48. The minimum Gasteiger partial charge on any atom is -0.444 e. The minimum absolute atomic E-state index is 0.130. The summed E-state index contributed by atoms with van der Waals surface area (Å²) in [4.78, 5) is 25.7. The number of nitrogens with zero attached hydrogens (tertiary/aromatic N) is 1. The van der Waals surface area contributed by atoms with Crippen LogP contribution in [0, 0.1) is 0 Å². The van der Waals surface area contributed by atoms with E-state index >= 15 is 0 Å². The van der Waals surface area contributed by atoms with E-state index in [0.717, 1.165) is 0 Å². The van der Waals surface area contributed by atoms with E-state index in [1.165, 1.54) is 0 Å². The Labute approximate surface area is 122 Å². The van der Waals surface area contributed by atoms with E-state index in [0.29, 0.717) is 31.0 Å². The molecule has 0 bridgehead atoms. The van der Waals surface area contributed by atoms with Gasteiger partial charge in [0.25, 0.3) is 0 Å². The number of carbonyl (C=O) groups excluding carboxylic acids is 2. The van der Waals surface area contributed by atoms with E-state index in [9.17, 15) is 13.8 Å². The Morgan fingerprint density at radius 3 is 2.30 bits per heavy atom. The van der Waals surface area contributed by atoms with Crippen molar-refractivity contribution in [3.8, 4) is 0 Å². The summed E-state index contributed by atoms with van der Waals surface area (Å²) in [5, 5.41) is 2.60. The van der Waals surface area contributed by atoms with Crippen molar-refractivity contribution in [2.75, 3.05) is 24.6 Å². The second-order valence-electron chi connectivity index (χ2n) is 5.78. The Morgan fingerprint density at radius 1 is 1.30 bits per heavy atom. The van der Waals surface area contributed by atoms with Gasteiger partial charge in [-0.15, -0.1) is 0 Å². The Morgan fingerprint density at radius 2 is 1.85 bits per heavy atom. The fourth-order valence-electron chi connectivity index (χ4n) is 1.87. The molecule has 0 aromatic heterocycles. The molecule has 1 aliphatic rings. The number of rotatable bonds is 3. The highest BCUT2D eigenvalue weighted by atomic mass is 32.2. The van der Waals surface area contributed by atoms with Crippen LogP contribution >= 0.6 is 0 Å². The second kappa shape index (κ2) is 7.06. The molecule has 0 saturated carbocycles. The first-order chi connectivity index (χ1) is 9.23. The summed E-state index contributed by atoms with van der Waals surface area (Å²) >= 11 is 0. The number of ether oxygens (including phenoxy) is 1. The number of amides is 2. The maximum atomic E-state index is 12.3. The Kier molecular flexibility index (Phi) is 5.98. The van der Waals surface area contributed by atoms with Crippen molar-refractivity contribution in [3.63, 3.8) is 0 Å². The maximum Gasteiger partial charge on any atom is 0.408 e. The van der Waals surface area contributed by atoms with Gasteiger partial charge in [0.1, 0.15) is 11.6 Å². The van der Waals surface area contributed by atoms with Crippen LogP contribution in [0.3, 0.4) is 0 Å². The van der Waals surface area contributed by atoms with E-state index in [2.05, 4.69) is 5.32 Å². The van der Waals surface area contributed by atoms with Crippen molar-refractivity contribution >= 4 is 22.8 Å². The minimum atomic E-state index is -0.823. The monoisotopic (exact) mass is 304 g/mol. The van der Waals surface area contributed by atoms with Gasteiger partial charge in [0.2, 0.25) is 5.91 Å². The number of hydrogen-bond acceptors (Lipinski definition) is 4. The zero-order chi connectivity index (χ0) is 15.3. The molecule has 1 N–H and O–H groups in total. The van der Waals surface area contributed by atoms with Gasteiger partial charge in [-0.1, -0.05) is 6.92 Å². The third-order valence-corrected chi connectivity index (χ3v) is 4.16. The van der Waals surface area contributed by atoms with E-state index in [1.807, 2.05) is 6.92 Å². The molecule has 20 heavy (non-hydrogen) atoms. The first kappa shape index (κ1) is 16.9. The molecule has 1 saturated heterocycles. The highest BCUT2D eigenvalue weighted by molar-refractivity contribution is 7.85. The number of nitrogens with one attached hydrogen (secondary N) is 1. The van der Waals surface area contributed by atoms with Crippen molar-refractivity contribution in [2.24, 2.45) is 0 Å². The van der Waals surface area contributed by atoms with Gasteiger partial charge in [0, 0.05) is 35.4 Å². The molecule has 1 atom stereocenters. The van der Waals surface area contributed by atoms with Crippen LogP contribution < -0.4 is 5.32 Å². The summed E-state index contributed by atoms with van der Waals surface area (Å²) in [6.07, 6.45) is -0.0872. The van der Waals surface area contributed by atoms with Crippen molar-refractivity contribution < 1.29 is 18.5 Å². The van der Waals surface area contributed by atoms with Gasteiger partial charge >= 0.3 is 6.09 Å². The van der Waals surface area contributed by atoms with Gasteiger partial charge in [-0.2, -0.15) is 0 Å². The summed E-state index contributed by atoms with van der Waals surface area (Å²) in [7, 11) is -0.823. The number of alkyl carbamates (subject to hydrolysis) is 1. The van der Waals surface area contributed by atoms with Crippen LogP contribution in [0.15, 0.2) is 0 Å². The van der Waals surface area contributed by atoms with E-state index in [-0.39, 0.29) is 5.91 Å². The number of hydrogen-bond donors (Lipinski definition) is 1. The van der Waals surface area contributed by atoms with Crippen LogP contribution in [-0.4, -0.2) is 57.3 Å². The smallest absolute Gasteiger partial charge is 0.408 e. The van der Waals surface area contributed by atoms with Gasteiger partial charge in [-0.05, 0) is 27.2 Å². The fourth-order valence-corrected chi connectivity index (χ4v) is 2.92. The van der Waals surface area contributed by atoms with Crippen molar-refractivity contribution in [3.05, 3.63) is 0 Å². The lowest BCUT2D eigenvalue weighted by Crippen LogP contribution is -2.52. The molecule has 7 heteroatoms. The largest absolute Gasteiger partial charge is 0.444 e. The molecule has 0 aromatic carbocycles. The van der Waals surface area contributed by atoms with Crippen LogP contribution in [0.2, 0.25) is 0 Å². The molecule has 2 amide bonds. The predicted molar refractivity (Wildman–Crippen MR) is 77.9 cm³/mol. The van der Waals surface area contributed by atoms with Crippen LogP contribution in [-0.2, 0) is 20.3 Å². The molecule has 0 aliphatic carbocycles. The molecular weight excluding hydrogens is 280 g/mol. The molecule has 0 aromatic rings. The molecule has 1 unspecified atom stereocenters. The third-order valence-electron chi connectivity index (χ3n) is 2.89. The quantitative estimate of drug-likeness (QED) is 0.840. The highest BCUT2D eigenvalue weighted by Crippen LogP contribution is 2.09. The standard InChI is InChI=1S/C13H24N2O4S/c1-5-10(14-12(17)19-13(2,3)4)11(16)15-6-8-20(18)9-7-15/h10H,5-9H2,1-4H3,(H,14,17). The Balaban J connectivity index is 2.55. The fraction of sp³-hybridized carbons (Fsp3) is 0.846. The normalized spacial score (nSPS) is 18.5. The highest BCUT2D eigenvalue weighted by Gasteiger charge is 2.28. The van der Waals surface area contributed by atoms with Crippen molar-refractivity contribution in [1.29, 1.82) is 0 Å². The van der Waals surface area contributed by atoms with Gasteiger partial charge in [0.15, 0.2) is 0 Å². The summed E-state index contributed by atoms with van der Waals surface area (Å²) in [5.41, 5.74) is -0.590. The lowest BCUT2D eigenvalue weighted by molar-refractivity contribution is -0.133. The lowest BCUT2D eigenvalue weighted by Gasteiger charge is -2.30. The van der Waals surface area contributed by atoms with Gasteiger partial charge in [0.05, 0.1) is 0 Å². The van der Waals surface area contributed by atoms with Crippen LogP contribution in [0.25, 0.3) is 0 Å². The Bertz CT molecular complexity index is 382. The van der Waals surface area contributed by atoms with Crippen LogP contribution in [0.5, 0.6) is 0 Å². The zero-order valence-corrected chi connectivity index (χ0v) is 13.4. The molecule has 1 fully saturated rings. The van der Waals surface area contributed by atoms with Crippen LogP contribution in [0.1, 0.15) is 34.1 Å². The Hall–Kier alpha value is -1.11. The second-order valence-corrected chi connectivity index (χ2v) is 7.48. The molecule has 1 heterocycles. The predicted octanol–water partition coefficient (Wildman–Crippen LogP) is 0.881. The van der Waals surface area contributed by atoms with Crippen LogP contribution in [0.4, 0.5) is 4.79 Å². The maximum absolute atomic E-state index is 12.3. The average molecular weight is 304 g/mol. The van der Waals surface area contributed by atoms with Gasteiger partial charge in [-0.25, -0.2) is 4.79 Å². The SMILES string of the molecule is CCC(NC(=O)OC(C)(C)C)C(=O)N1CCS(=O)CC1. The molecule has 116 valence electrons. The molecule has 0 radical (unpaired) electrons. The van der Waals surface area contributed by atoms with Gasteiger partial charge in [-0.3, -0.25) is 9.00 Å². The summed E-state index contributed by atoms with van der Waals surface area (Å²) in [6, 6.07) is -0.587. The molecule has 1 rings (SSSR count). The summed E-state index contributed by atoms with van der Waals surface area (Å²) in [5.74, 6) is 0.888. The van der Waals surface area contributed by atoms with Crippen molar-refractivity contribution in [1.82, 2.24) is 10.2 Å². The molecule has 0 spiro atoms. The van der Waals surface area contributed by atoms with E-state index < -0.39 is 28.5 Å². The molecular formula is C13H24N2O4S. The zero-order valence-electron chi connectivity index (χ0n) is 12.6. The average Bonchev–Trinajstić information content (AvgIpc) is 2.34. The van der Waals surface area contributed by atoms with E-state index in [1.54, 1.807) is 25.7 Å². The molecule has 1 aliphatic heterocycles. The summed E-state index contributed by atoms with van der Waals surface area (Å²) < 4.78 is 16.4. The van der Waals surface area contributed by atoms with Crippen molar-refractivity contribution in [2.45, 2.75) is 45.8 Å². The first-order valence-corrected chi connectivity index (χ1v) is 8.35. The summed E-state index contributed by atoms with van der Waals surface area (Å²) in [6.45, 7) is 8.12. The number of carbonyl (C=O) groups is 2. The molecule has 6 nitrogen and oxygen atoms in total. The van der Waals surface area contributed by atoms with E-state index in [4.69, 9.17) is 4.74 Å². The first-order valence-electron chi connectivity index (χ1n) is 6.86. The van der Waals surface area contributed by atoms with Gasteiger partial charge < -0.3 is 15.0 Å².